The van der Waals surface area contributed by atoms with Crippen molar-refractivity contribution in [1.82, 2.24) is 5.32 Å². The molecular weight excluding hydrogens is 245 g/mol. The smallest absolute Gasteiger partial charge is 0.319 e. The molecule has 0 radical (unpaired) electrons. The summed E-state index contributed by atoms with van der Waals surface area (Å²) >= 11 is 0. The minimum Gasteiger partial charge on any atom is -0.337 e. The number of benzene rings is 1. The van der Waals surface area contributed by atoms with Crippen LogP contribution in [0.2, 0.25) is 0 Å². The highest BCUT2D eigenvalue weighted by molar-refractivity contribution is 5.89. The number of carbonyl (C=O) groups is 1. The van der Waals surface area contributed by atoms with Crippen LogP contribution in [0.1, 0.15) is 25.7 Å². The molecule has 0 heterocycles. The van der Waals surface area contributed by atoms with E-state index in [0.29, 0.717) is 13.1 Å². The summed E-state index contributed by atoms with van der Waals surface area (Å²) in [4.78, 5) is 11.7. The van der Waals surface area contributed by atoms with E-state index in [1.807, 2.05) is 0 Å². The Labute approximate surface area is 112 Å². The Morgan fingerprint density at radius 2 is 2.00 bits per heavy atom. The second-order valence-electron chi connectivity index (χ2n) is 5.20. The van der Waals surface area contributed by atoms with Gasteiger partial charge < -0.3 is 16.4 Å². The quantitative estimate of drug-likeness (QED) is 0.783. The molecule has 1 aliphatic carbocycles. The third kappa shape index (κ3) is 3.44. The molecule has 0 unspecified atom stereocenters. The molecule has 19 heavy (non-hydrogen) atoms. The first kappa shape index (κ1) is 13.8. The third-order valence-corrected chi connectivity index (χ3v) is 3.84. The van der Waals surface area contributed by atoms with Crippen molar-refractivity contribution in [1.29, 1.82) is 0 Å². The predicted octanol–water partition coefficient (Wildman–Crippen LogP) is 2.47. The first-order valence-corrected chi connectivity index (χ1v) is 6.65. The zero-order valence-corrected chi connectivity index (χ0v) is 10.9. The first-order valence-electron chi connectivity index (χ1n) is 6.65. The number of anilines is 1. The second-order valence-corrected chi connectivity index (χ2v) is 5.20. The maximum absolute atomic E-state index is 13.4. The van der Waals surface area contributed by atoms with Crippen molar-refractivity contribution in [2.75, 3.05) is 18.4 Å². The van der Waals surface area contributed by atoms with Gasteiger partial charge in [0.25, 0.3) is 0 Å². The number of rotatable bonds is 4. The minimum atomic E-state index is -0.438. The van der Waals surface area contributed by atoms with Crippen LogP contribution in [0.3, 0.4) is 0 Å². The van der Waals surface area contributed by atoms with E-state index in [2.05, 4.69) is 10.6 Å². The molecule has 1 saturated carbocycles. The maximum Gasteiger partial charge on any atom is 0.319 e. The molecule has 0 aromatic heterocycles. The first-order chi connectivity index (χ1) is 9.15. The van der Waals surface area contributed by atoms with E-state index < -0.39 is 5.82 Å². The Hall–Kier alpha value is -1.62. The van der Waals surface area contributed by atoms with Gasteiger partial charge in [-0.2, -0.15) is 0 Å². The van der Waals surface area contributed by atoms with Crippen LogP contribution >= 0.6 is 0 Å². The monoisotopic (exact) mass is 265 g/mol. The van der Waals surface area contributed by atoms with E-state index >= 15 is 0 Å². The standard InChI is InChI=1S/C14H20FN3O/c15-11-5-1-2-6-12(11)18-13(19)17-10-14(9-16)7-3-4-8-14/h1-2,5-6H,3-4,7-10,16H2,(H2,17,18,19). The summed E-state index contributed by atoms with van der Waals surface area (Å²) in [5, 5.41) is 5.30. The van der Waals surface area contributed by atoms with Crippen molar-refractivity contribution in [3.63, 3.8) is 0 Å². The summed E-state index contributed by atoms with van der Waals surface area (Å²) in [6.45, 7) is 1.12. The Morgan fingerprint density at radius 1 is 1.32 bits per heavy atom. The van der Waals surface area contributed by atoms with E-state index in [-0.39, 0.29) is 17.1 Å². The molecule has 1 aromatic rings. The average molecular weight is 265 g/mol. The van der Waals surface area contributed by atoms with Gasteiger partial charge in [0.15, 0.2) is 0 Å². The van der Waals surface area contributed by atoms with Crippen LogP contribution in [0.25, 0.3) is 0 Å². The van der Waals surface area contributed by atoms with Gasteiger partial charge in [0, 0.05) is 12.0 Å². The Balaban J connectivity index is 1.86. The Kier molecular flexibility index (Phi) is 4.37. The molecule has 1 fully saturated rings. The lowest BCUT2D eigenvalue weighted by molar-refractivity contribution is 0.239. The SMILES string of the molecule is NCC1(CNC(=O)Nc2ccccc2F)CCCC1. The van der Waals surface area contributed by atoms with Gasteiger partial charge in [-0.15, -0.1) is 0 Å². The molecule has 0 bridgehead atoms. The topological polar surface area (TPSA) is 67.1 Å². The number of halogens is 1. The van der Waals surface area contributed by atoms with Gasteiger partial charge >= 0.3 is 6.03 Å². The van der Waals surface area contributed by atoms with Crippen LogP contribution in [0.4, 0.5) is 14.9 Å². The Morgan fingerprint density at radius 3 is 2.63 bits per heavy atom. The van der Waals surface area contributed by atoms with Gasteiger partial charge in [0.1, 0.15) is 5.82 Å². The van der Waals surface area contributed by atoms with Gasteiger partial charge in [-0.3, -0.25) is 0 Å². The molecule has 4 nitrogen and oxygen atoms in total. The molecule has 0 spiro atoms. The maximum atomic E-state index is 13.4. The number of para-hydroxylation sites is 1. The molecule has 2 rings (SSSR count). The summed E-state index contributed by atoms with van der Waals surface area (Å²) < 4.78 is 13.4. The fourth-order valence-electron chi connectivity index (χ4n) is 2.57. The number of amides is 2. The highest BCUT2D eigenvalue weighted by atomic mass is 19.1. The molecule has 0 aliphatic heterocycles. The van der Waals surface area contributed by atoms with Crippen LogP contribution < -0.4 is 16.4 Å². The number of nitrogens with two attached hydrogens (primary N) is 1. The average Bonchev–Trinajstić information content (AvgIpc) is 2.89. The second kappa shape index (κ2) is 6.02. The van der Waals surface area contributed by atoms with E-state index in [1.165, 1.54) is 12.1 Å². The normalized spacial score (nSPS) is 17.2. The van der Waals surface area contributed by atoms with Gasteiger partial charge in [0.05, 0.1) is 5.69 Å². The van der Waals surface area contributed by atoms with Crippen LogP contribution in [0.5, 0.6) is 0 Å². The summed E-state index contributed by atoms with van der Waals surface area (Å²) in [5.41, 5.74) is 6.01. The molecule has 5 heteroatoms. The fourth-order valence-corrected chi connectivity index (χ4v) is 2.57. The van der Waals surface area contributed by atoms with E-state index in [4.69, 9.17) is 5.73 Å². The number of hydrogen-bond acceptors (Lipinski definition) is 2. The lowest BCUT2D eigenvalue weighted by Gasteiger charge is -2.27. The zero-order chi connectivity index (χ0) is 13.7. The highest BCUT2D eigenvalue weighted by Crippen LogP contribution is 2.36. The largest absolute Gasteiger partial charge is 0.337 e. The number of hydrogen-bond donors (Lipinski definition) is 3. The molecule has 2 amide bonds. The van der Waals surface area contributed by atoms with Crippen LogP contribution in [0.15, 0.2) is 24.3 Å². The Bertz CT molecular complexity index is 444. The van der Waals surface area contributed by atoms with Crippen molar-refractivity contribution >= 4 is 11.7 Å². The molecule has 1 aliphatic rings. The minimum absolute atomic E-state index is 0.0204. The van der Waals surface area contributed by atoms with Crippen molar-refractivity contribution < 1.29 is 9.18 Å². The summed E-state index contributed by atoms with van der Waals surface area (Å²) in [7, 11) is 0. The van der Waals surface area contributed by atoms with Gasteiger partial charge in [0.2, 0.25) is 0 Å². The van der Waals surface area contributed by atoms with Crippen molar-refractivity contribution in [2.45, 2.75) is 25.7 Å². The lowest BCUT2D eigenvalue weighted by Crippen LogP contribution is -2.42. The summed E-state index contributed by atoms with van der Waals surface area (Å²) in [6.07, 6.45) is 4.41. The van der Waals surface area contributed by atoms with E-state index in [9.17, 15) is 9.18 Å². The molecule has 0 atom stereocenters. The van der Waals surface area contributed by atoms with E-state index in [1.54, 1.807) is 12.1 Å². The molecule has 104 valence electrons. The number of carbonyl (C=O) groups excluding carboxylic acids is 1. The van der Waals surface area contributed by atoms with Gasteiger partial charge in [-0.25, -0.2) is 9.18 Å². The van der Waals surface area contributed by atoms with Crippen molar-refractivity contribution in [2.24, 2.45) is 11.1 Å². The van der Waals surface area contributed by atoms with Crippen molar-refractivity contribution in [3.05, 3.63) is 30.1 Å². The summed E-state index contributed by atoms with van der Waals surface area (Å²) in [6, 6.07) is 5.72. The van der Waals surface area contributed by atoms with Gasteiger partial charge in [-0.05, 0) is 31.5 Å². The summed E-state index contributed by atoms with van der Waals surface area (Å²) in [5.74, 6) is -0.438. The van der Waals surface area contributed by atoms with Crippen LogP contribution in [0, 0.1) is 11.2 Å². The van der Waals surface area contributed by atoms with Crippen LogP contribution in [-0.2, 0) is 0 Å². The van der Waals surface area contributed by atoms with E-state index in [0.717, 1.165) is 25.7 Å². The number of urea groups is 1. The highest BCUT2D eigenvalue weighted by Gasteiger charge is 2.32. The predicted molar refractivity (Wildman–Crippen MR) is 73.4 cm³/mol. The molecular formula is C14H20FN3O. The molecule has 1 aromatic carbocycles. The fraction of sp³-hybridized carbons (Fsp3) is 0.500. The van der Waals surface area contributed by atoms with Gasteiger partial charge in [-0.1, -0.05) is 25.0 Å². The zero-order valence-electron chi connectivity index (χ0n) is 10.9. The number of nitrogens with one attached hydrogen (secondary N) is 2. The molecule has 0 saturated heterocycles. The van der Waals surface area contributed by atoms with Crippen molar-refractivity contribution in [3.8, 4) is 0 Å². The molecule has 4 N–H and O–H groups in total. The lowest BCUT2D eigenvalue weighted by atomic mass is 9.86. The van der Waals surface area contributed by atoms with Crippen LogP contribution in [-0.4, -0.2) is 19.1 Å². The third-order valence-electron chi connectivity index (χ3n) is 3.84.